The minimum atomic E-state index is -3.93. The van der Waals surface area contributed by atoms with Crippen molar-refractivity contribution in [2.75, 3.05) is 0 Å². The molecule has 1 aliphatic carbocycles. The number of nitrogens with one attached hydrogen (secondary N) is 1. The van der Waals surface area contributed by atoms with Gasteiger partial charge in [0.1, 0.15) is 0 Å². The number of hydroxylamine groups is 1. The van der Waals surface area contributed by atoms with Crippen LogP contribution in [0.15, 0.2) is 48.0 Å². The van der Waals surface area contributed by atoms with E-state index in [1.807, 2.05) is 18.5 Å². The van der Waals surface area contributed by atoms with Gasteiger partial charge in [0.2, 0.25) is 0 Å². The van der Waals surface area contributed by atoms with Gasteiger partial charge in [-0.1, -0.05) is 42.0 Å². The molecule has 1 unspecified atom stereocenters. The van der Waals surface area contributed by atoms with Crippen molar-refractivity contribution in [2.24, 2.45) is 0 Å². The standard InChI is InChI=1S/C20H21NO5S/c1-13-9-11-16(12-10-13)27(24,25)26-21-20(23)18-8-4-6-15-5-3-7-17(14(2)22)19(15)18/h3-9,16H,10-12H2,1-2H3,(H,21,23). The predicted molar refractivity (Wildman–Crippen MR) is 103 cm³/mol. The van der Waals surface area contributed by atoms with Crippen molar-refractivity contribution in [3.63, 3.8) is 0 Å². The van der Waals surface area contributed by atoms with E-state index in [1.54, 1.807) is 30.3 Å². The van der Waals surface area contributed by atoms with E-state index in [0.29, 0.717) is 35.6 Å². The molecule has 7 heteroatoms. The van der Waals surface area contributed by atoms with Gasteiger partial charge in [-0.05, 0) is 44.6 Å². The zero-order valence-electron chi connectivity index (χ0n) is 15.2. The second kappa shape index (κ2) is 7.62. The van der Waals surface area contributed by atoms with Crippen molar-refractivity contribution in [3.05, 3.63) is 59.2 Å². The average Bonchev–Trinajstić information content (AvgIpc) is 2.65. The zero-order valence-corrected chi connectivity index (χ0v) is 16.0. The van der Waals surface area contributed by atoms with E-state index >= 15 is 0 Å². The Balaban J connectivity index is 1.84. The molecule has 1 atom stereocenters. The minimum absolute atomic E-state index is 0.182. The molecule has 0 aliphatic heterocycles. The minimum Gasteiger partial charge on any atom is -0.294 e. The number of benzene rings is 2. The monoisotopic (exact) mass is 387 g/mol. The lowest BCUT2D eigenvalue weighted by molar-refractivity contribution is 0.0769. The van der Waals surface area contributed by atoms with Crippen LogP contribution in [0.2, 0.25) is 0 Å². The molecule has 142 valence electrons. The average molecular weight is 387 g/mol. The zero-order chi connectivity index (χ0) is 19.6. The Morgan fingerprint density at radius 1 is 1.11 bits per heavy atom. The molecular formula is C20H21NO5S. The van der Waals surface area contributed by atoms with E-state index in [-0.39, 0.29) is 11.3 Å². The van der Waals surface area contributed by atoms with Gasteiger partial charge in [0, 0.05) is 10.9 Å². The molecule has 0 bridgehead atoms. The van der Waals surface area contributed by atoms with Gasteiger partial charge in [-0.25, -0.2) is 5.48 Å². The maximum Gasteiger partial charge on any atom is 0.291 e. The van der Waals surface area contributed by atoms with Crippen LogP contribution in [-0.2, 0) is 14.4 Å². The lowest BCUT2D eigenvalue weighted by Gasteiger charge is -2.20. The van der Waals surface area contributed by atoms with Crippen molar-refractivity contribution in [2.45, 2.75) is 38.4 Å². The SMILES string of the molecule is CC(=O)c1cccc2cccc(C(=O)NOS(=O)(=O)C3CC=C(C)CC3)c12. The van der Waals surface area contributed by atoms with E-state index < -0.39 is 21.3 Å². The summed E-state index contributed by atoms with van der Waals surface area (Å²) in [6.07, 6.45) is 3.39. The molecule has 0 heterocycles. The number of carbonyl (C=O) groups is 2. The Hall–Kier alpha value is -2.51. The summed E-state index contributed by atoms with van der Waals surface area (Å²) in [7, 11) is -3.93. The van der Waals surface area contributed by atoms with Crippen LogP contribution in [-0.4, -0.2) is 25.4 Å². The number of ketones is 1. The Kier molecular flexibility index (Phi) is 5.43. The number of allylic oxidation sites excluding steroid dienone is 2. The molecule has 2 aromatic rings. The normalized spacial score (nSPS) is 17.4. The molecule has 3 rings (SSSR count). The second-order valence-electron chi connectivity index (χ2n) is 6.72. The van der Waals surface area contributed by atoms with Crippen LogP contribution in [0.5, 0.6) is 0 Å². The number of amides is 1. The van der Waals surface area contributed by atoms with E-state index in [4.69, 9.17) is 4.28 Å². The highest BCUT2D eigenvalue weighted by molar-refractivity contribution is 7.87. The van der Waals surface area contributed by atoms with Crippen LogP contribution < -0.4 is 5.48 Å². The van der Waals surface area contributed by atoms with Crippen LogP contribution in [0.25, 0.3) is 10.8 Å². The number of carbonyl (C=O) groups excluding carboxylic acids is 2. The molecule has 27 heavy (non-hydrogen) atoms. The van der Waals surface area contributed by atoms with E-state index in [1.165, 1.54) is 13.0 Å². The lowest BCUT2D eigenvalue weighted by atomic mass is 9.97. The summed E-state index contributed by atoms with van der Waals surface area (Å²) in [5.41, 5.74) is 3.78. The van der Waals surface area contributed by atoms with E-state index in [2.05, 4.69) is 0 Å². The summed E-state index contributed by atoms with van der Waals surface area (Å²) in [6.45, 7) is 3.38. The third-order valence-electron chi connectivity index (χ3n) is 4.78. The Labute approximate surface area is 158 Å². The molecular weight excluding hydrogens is 366 g/mol. The van der Waals surface area contributed by atoms with E-state index in [9.17, 15) is 18.0 Å². The van der Waals surface area contributed by atoms with Crippen molar-refractivity contribution < 1.29 is 22.3 Å². The van der Waals surface area contributed by atoms with E-state index in [0.717, 1.165) is 5.57 Å². The molecule has 2 aromatic carbocycles. The molecule has 1 amide bonds. The number of fused-ring (bicyclic) bond motifs is 1. The highest BCUT2D eigenvalue weighted by atomic mass is 32.2. The molecule has 1 N–H and O–H groups in total. The van der Waals surface area contributed by atoms with Crippen LogP contribution in [0, 0.1) is 0 Å². The Bertz CT molecular complexity index is 1030. The topological polar surface area (TPSA) is 89.5 Å². The summed E-state index contributed by atoms with van der Waals surface area (Å²) in [6, 6.07) is 10.1. The van der Waals surface area contributed by atoms with Crippen LogP contribution in [0.1, 0.15) is 53.8 Å². The molecule has 0 saturated heterocycles. The molecule has 6 nitrogen and oxygen atoms in total. The van der Waals surface area contributed by atoms with Crippen LogP contribution in [0.3, 0.4) is 0 Å². The number of Topliss-reactive ketones (excluding diaryl/α,β-unsaturated/α-hetero) is 1. The number of hydrogen-bond acceptors (Lipinski definition) is 5. The molecule has 0 radical (unpaired) electrons. The molecule has 0 saturated carbocycles. The summed E-state index contributed by atoms with van der Waals surface area (Å²) in [5.74, 6) is -0.890. The fourth-order valence-corrected chi connectivity index (χ4v) is 4.31. The van der Waals surface area contributed by atoms with Crippen molar-refractivity contribution >= 4 is 32.6 Å². The van der Waals surface area contributed by atoms with Gasteiger partial charge >= 0.3 is 0 Å². The van der Waals surface area contributed by atoms with Gasteiger partial charge in [-0.15, -0.1) is 4.28 Å². The first kappa shape index (κ1) is 19.3. The third-order valence-corrected chi connectivity index (χ3v) is 6.34. The van der Waals surface area contributed by atoms with Crippen LogP contribution >= 0.6 is 0 Å². The first-order valence-corrected chi connectivity index (χ1v) is 10.2. The first-order valence-electron chi connectivity index (χ1n) is 8.70. The fourth-order valence-electron chi connectivity index (χ4n) is 3.25. The van der Waals surface area contributed by atoms with Gasteiger partial charge in [0.05, 0.1) is 10.8 Å². The first-order chi connectivity index (χ1) is 12.8. The quantitative estimate of drug-likeness (QED) is 0.482. The van der Waals surface area contributed by atoms with Crippen molar-refractivity contribution in [1.29, 1.82) is 0 Å². The molecule has 0 fully saturated rings. The highest BCUT2D eigenvalue weighted by Crippen LogP contribution is 2.25. The van der Waals surface area contributed by atoms with Gasteiger partial charge in [-0.2, -0.15) is 8.42 Å². The molecule has 0 aromatic heterocycles. The number of rotatable bonds is 5. The molecule has 0 spiro atoms. The summed E-state index contributed by atoms with van der Waals surface area (Å²) < 4.78 is 29.5. The molecule has 1 aliphatic rings. The van der Waals surface area contributed by atoms with Gasteiger partial charge in [-0.3, -0.25) is 9.59 Å². The largest absolute Gasteiger partial charge is 0.294 e. The van der Waals surface area contributed by atoms with Gasteiger partial charge in [0.25, 0.3) is 16.0 Å². The Morgan fingerprint density at radius 2 is 1.78 bits per heavy atom. The Morgan fingerprint density at radius 3 is 2.37 bits per heavy atom. The van der Waals surface area contributed by atoms with Gasteiger partial charge in [0.15, 0.2) is 5.78 Å². The lowest BCUT2D eigenvalue weighted by Crippen LogP contribution is -2.33. The predicted octanol–water partition coefficient (Wildman–Crippen LogP) is 3.53. The smallest absolute Gasteiger partial charge is 0.291 e. The summed E-state index contributed by atoms with van der Waals surface area (Å²) >= 11 is 0. The fraction of sp³-hybridized carbons (Fsp3) is 0.300. The second-order valence-corrected chi connectivity index (χ2v) is 8.54. The maximum atomic E-state index is 12.6. The summed E-state index contributed by atoms with van der Waals surface area (Å²) in [5, 5.41) is 0.509. The van der Waals surface area contributed by atoms with Gasteiger partial charge < -0.3 is 0 Å². The third kappa shape index (κ3) is 4.09. The summed E-state index contributed by atoms with van der Waals surface area (Å²) in [4.78, 5) is 24.5. The maximum absolute atomic E-state index is 12.6. The highest BCUT2D eigenvalue weighted by Gasteiger charge is 2.29. The van der Waals surface area contributed by atoms with Crippen LogP contribution in [0.4, 0.5) is 0 Å². The van der Waals surface area contributed by atoms with Crippen molar-refractivity contribution in [3.8, 4) is 0 Å². The van der Waals surface area contributed by atoms with Crippen molar-refractivity contribution in [1.82, 2.24) is 5.48 Å². The number of hydrogen-bond donors (Lipinski definition) is 1.